The minimum absolute atomic E-state index is 0.0174. The predicted molar refractivity (Wildman–Crippen MR) is 104 cm³/mol. The lowest BCUT2D eigenvalue weighted by molar-refractivity contribution is 0.0940. The van der Waals surface area contributed by atoms with Gasteiger partial charge in [0, 0.05) is 21.5 Å². The van der Waals surface area contributed by atoms with Gasteiger partial charge >= 0.3 is 0 Å². The molecule has 0 aromatic heterocycles. The van der Waals surface area contributed by atoms with Crippen LogP contribution in [-0.2, 0) is 0 Å². The van der Waals surface area contributed by atoms with Gasteiger partial charge in [0.1, 0.15) is 0 Å². The summed E-state index contributed by atoms with van der Waals surface area (Å²) in [5.41, 5.74) is 3.11. The second kappa shape index (κ2) is 7.77. The zero-order chi connectivity index (χ0) is 16.2. The summed E-state index contributed by atoms with van der Waals surface area (Å²) in [4.78, 5) is 12.4. The standard InChI is InChI=1S/C18H18BrNOS2/c1-12(13-6-8-16(19)9-7-13)20-17(21)14-2-4-15(5-3-14)18-22-10-11-23-18/h2-9,12,18H,10-11H2,1H3,(H,20,21)/t12-/m0/s1. The number of hydrogen-bond acceptors (Lipinski definition) is 3. The first kappa shape index (κ1) is 16.9. The van der Waals surface area contributed by atoms with Gasteiger partial charge in [-0.3, -0.25) is 4.79 Å². The van der Waals surface area contributed by atoms with Crippen LogP contribution in [0.1, 0.15) is 39.0 Å². The fraction of sp³-hybridized carbons (Fsp3) is 0.278. The molecule has 1 fully saturated rings. The van der Waals surface area contributed by atoms with E-state index in [2.05, 4.69) is 33.4 Å². The normalized spacial score (nSPS) is 16.3. The van der Waals surface area contributed by atoms with Crippen molar-refractivity contribution in [3.8, 4) is 0 Å². The molecule has 2 nitrogen and oxygen atoms in total. The lowest BCUT2D eigenvalue weighted by Gasteiger charge is -2.15. The summed E-state index contributed by atoms with van der Waals surface area (Å²) in [5, 5.41) is 3.06. The third-order valence-corrected chi connectivity index (χ3v) is 7.42. The van der Waals surface area contributed by atoms with Gasteiger partial charge in [0.2, 0.25) is 0 Å². The Bertz CT molecular complexity index is 666. The van der Waals surface area contributed by atoms with Crippen LogP contribution in [0.25, 0.3) is 0 Å². The minimum atomic E-state index is -0.0290. The van der Waals surface area contributed by atoms with Crippen LogP contribution in [0, 0.1) is 0 Å². The van der Waals surface area contributed by atoms with Crippen LogP contribution in [0.4, 0.5) is 0 Å². The van der Waals surface area contributed by atoms with Crippen LogP contribution >= 0.6 is 39.5 Å². The maximum atomic E-state index is 12.4. The van der Waals surface area contributed by atoms with Gasteiger partial charge in [-0.1, -0.05) is 40.2 Å². The van der Waals surface area contributed by atoms with E-state index in [-0.39, 0.29) is 11.9 Å². The van der Waals surface area contributed by atoms with Gasteiger partial charge in [0.15, 0.2) is 0 Å². The third kappa shape index (κ3) is 4.34. The van der Waals surface area contributed by atoms with Gasteiger partial charge in [-0.2, -0.15) is 0 Å². The van der Waals surface area contributed by atoms with E-state index in [9.17, 15) is 4.79 Å². The zero-order valence-electron chi connectivity index (χ0n) is 12.8. The number of rotatable bonds is 4. The summed E-state index contributed by atoms with van der Waals surface area (Å²) in [5.74, 6) is 2.39. The van der Waals surface area contributed by atoms with Crippen molar-refractivity contribution in [2.45, 2.75) is 17.5 Å². The number of carbonyl (C=O) groups is 1. The highest BCUT2D eigenvalue weighted by molar-refractivity contribution is 9.10. The summed E-state index contributed by atoms with van der Waals surface area (Å²) < 4.78 is 1.56. The van der Waals surface area contributed by atoms with E-state index in [0.717, 1.165) is 10.0 Å². The number of nitrogens with one attached hydrogen (secondary N) is 1. The van der Waals surface area contributed by atoms with Crippen molar-refractivity contribution in [3.05, 3.63) is 69.7 Å². The van der Waals surface area contributed by atoms with E-state index in [0.29, 0.717) is 10.1 Å². The number of thioether (sulfide) groups is 2. The molecule has 3 rings (SSSR count). The van der Waals surface area contributed by atoms with Crippen molar-refractivity contribution in [3.63, 3.8) is 0 Å². The summed E-state index contributed by atoms with van der Waals surface area (Å²) in [6, 6.07) is 16.0. The Hall–Kier alpha value is -0.910. The van der Waals surface area contributed by atoms with E-state index in [4.69, 9.17) is 0 Å². The van der Waals surface area contributed by atoms with Gasteiger partial charge in [-0.25, -0.2) is 0 Å². The molecule has 1 N–H and O–H groups in total. The molecule has 1 amide bonds. The van der Waals surface area contributed by atoms with Crippen molar-refractivity contribution in [2.24, 2.45) is 0 Å². The molecule has 1 atom stereocenters. The Morgan fingerprint density at radius 1 is 1.09 bits per heavy atom. The average molecular weight is 408 g/mol. The molecule has 0 unspecified atom stereocenters. The smallest absolute Gasteiger partial charge is 0.251 e. The quantitative estimate of drug-likeness (QED) is 0.733. The largest absolute Gasteiger partial charge is 0.346 e. The Labute approximate surface area is 153 Å². The number of hydrogen-bond donors (Lipinski definition) is 1. The Balaban J connectivity index is 1.64. The van der Waals surface area contributed by atoms with Crippen molar-refractivity contribution in [1.29, 1.82) is 0 Å². The van der Waals surface area contributed by atoms with Crippen molar-refractivity contribution in [2.75, 3.05) is 11.5 Å². The molecule has 5 heteroatoms. The van der Waals surface area contributed by atoms with Crippen LogP contribution in [0.15, 0.2) is 53.0 Å². The molecule has 1 saturated heterocycles. The van der Waals surface area contributed by atoms with E-state index in [1.165, 1.54) is 17.1 Å². The maximum absolute atomic E-state index is 12.4. The molecule has 23 heavy (non-hydrogen) atoms. The van der Waals surface area contributed by atoms with Gasteiger partial charge in [0.05, 0.1) is 10.6 Å². The number of amides is 1. The molecule has 1 aliphatic rings. The molecular weight excluding hydrogens is 390 g/mol. The molecule has 0 radical (unpaired) electrons. The monoisotopic (exact) mass is 407 g/mol. The Morgan fingerprint density at radius 2 is 1.70 bits per heavy atom. The third-order valence-electron chi connectivity index (χ3n) is 3.78. The highest BCUT2D eigenvalue weighted by Crippen LogP contribution is 2.45. The average Bonchev–Trinajstić information content (AvgIpc) is 3.10. The van der Waals surface area contributed by atoms with Gasteiger partial charge < -0.3 is 5.32 Å². The van der Waals surface area contributed by atoms with Crippen LogP contribution in [-0.4, -0.2) is 17.4 Å². The molecule has 0 spiro atoms. The molecule has 120 valence electrons. The summed E-state index contributed by atoms with van der Waals surface area (Å²) in [6.07, 6.45) is 0. The topological polar surface area (TPSA) is 29.1 Å². The van der Waals surface area contributed by atoms with Crippen LogP contribution < -0.4 is 5.32 Å². The lowest BCUT2D eigenvalue weighted by Crippen LogP contribution is -2.26. The van der Waals surface area contributed by atoms with Crippen molar-refractivity contribution < 1.29 is 4.79 Å². The summed E-state index contributed by atoms with van der Waals surface area (Å²) >= 11 is 7.38. The summed E-state index contributed by atoms with van der Waals surface area (Å²) in [7, 11) is 0. The fourth-order valence-corrected chi connectivity index (χ4v) is 5.58. The van der Waals surface area contributed by atoms with Crippen LogP contribution in [0.3, 0.4) is 0 Å². The van der Waals surface area contributed by atoms with E-state index < -0.39 is 0 Å². The van der Waals surface area contributed by atoms with Crippen molar-refractivity contribution >= 4 is 45.4 Å². The first-order valence-electron chi connectivity index (χ1n) is 7.53. The second-order valence-corrected chi connectivity index (χ2v) is 9.08. The van der Waals surface area contributed by atoms with Crippen LogP contribution in [0.2, 0.25) is 0 Å². The molecule has 0 aliphatic carbocycles. The molecular formula is C18H18BrNOS2. The van der Waals surface area contributed by atoms with Crippen LogP contribution in [0.5, 0.6) is 0 Å². The van der Waals surface area contributed by atoms with E-state index in [1.54, 1.807) is 0 Å². The number of halogens is 1. The van der Waals surface area contributed by atoms with Gasteiger partial charge in [-0.15, -0.1) is 23.5 Å². The highest BCUT2D eigenvalue weighted by Gasteiger charge is 2.18. The minimum Gasteiger partial charge on any atom is -0.346 e. The molecule has 1 aliphatic heterocycles. The van der Waals surface area contributed by atoms with E-state index >= 15 is 0 Å². The molecule has 2 aromatic carbocycles. The summed E-state index contributed by atoms with van der Waals surface area (Å²) in [6.45, 7) is 2.00. The Kier molecular flexibility index (Phi) is 5.72. The number of benzene rings is 2. The zero-order valence-corrected chi connectivity index (χ0v) is 16.0. The fourth-order valence-electron chi connectivity index (χ4n) is 2.46. The number of carbonyl (C=O) groups excluding carboxylic acids is 1. The SMILES string of the molecule is C[C@H](NC(=O)c1ccc(C2SCCS2)cc1)c1ccc(Br)cc1. The maximum Gasteiger partial charge on any atom is 0.251 e. The Morgan fingerprint density at radius 3 is 2.30 bits per heavy atom. The van der Waals surface area contributed by atoms with Gasteiger partial charge in [-0.05, 0) is 42.3 Å². The first-order valence-corrected chi connectivity index (χ1v) is 10.4. The molecule has 0 bridgehead atoms. The highest BCUT2D eigenvalue weighted by atomic mass is 79.9. The molecule has 1 heterocycles. The van der Waals surface area contributed by atoms with Crippen molar-refractivity contribution in [1.82, 2.24) is 5.32 Å². The second-order valence-electron chi connectivity index (χ2n) is 5.44. The first-order chi connectivity index (χ1) is 11.1. The van der Waals surface area contributed by atoms with E-state index in [1.807, 2.05) is 66.8 Å². The van der Waals surface area contributed by atoms with Gasteiger partial charge in [0.25, 0.3) is 5.91 Å². The lowest BCUT2D eigenvalue weighted by atomic mass is 10.1. The molecule has 2 aromatic rings. The molecule has 0 saturated carbocycles. The predicted octanol–water partition coefficient (Wildman–Crippen LogP) is 5.42.